The van der Waals surface area contributed by atoms with Crippen LogP contribution in [0.3, 0.4) is 0 Å². The number of benzene rings is 1. The molecule has 1 aromatic carbocycles. The number of hydrogen-bond acceptors (Lipinski definition) is 4. The molecule has 1 rings (SSSR count). The van der Waals surface area contributed by atoms with Crippen LogP contribution in [0.15, 0.2) is 24.3 Å². The average Bonchev–Trinajstić information content (AvgIpc) is 2.58. The van der Waals surface area contributed by atoms with Crippen LogP contribution in [0, 0.1) is 6.92 Å². The monoisotopic (exact) mass is 334 g/mol. The van der Waals surface area contributed by atoms with Gasteiger partial charge in [-0.2, -0.15) is 0 Å². The third-order valence-electron chi connectivity index (χ3n) is 3.81. The van der Waals surface area contributed by atoms with Crippen molar-refractivity contribution in [3.8, 4) is 0 Å². The predicted molar refractivity (Wildman–Crippen MR) is 94.5 cm³/mol. The summed E-state index contributed by atoms with van der Waals surface area (Å²) in [6.45, 7) is 4.88. The predicted octanol–water partition coefficient (Wildman–Crippen LogP) is 4.72. The van der Waals surface area contributed by atoms with E-state index in [0.29, 0.717) is 6.61 Å². The molecule has 0 saturated heterocycles. The van der Waals surface area contributed by atoms with Crippen LogP contribution >= 0.6 is 0 Å². The van der Waals surface area contributed by atoms with Gasteiger partial charge < -0.3 is 9.47 Å². The lowest BCUT2D eigenvalue weighted by atomic mass is 10.1. The van der Waals surface area contributed by atoms with Crippen LogP contribution in [0.5, 0.6) is 0 Å². The Kier molecular flexibility index (Phi) is 10.6. The van der Waals surface area contributed by atoms with E-state index in [1.807, 2.05) is 31.2 Å². The SMILES string of the molecule is CCCCCCCCOC(=O)CCC(=O)OCc1ccc(C)cc1. The third kappa shape index (κ3) is 10.0. The molecule has 4 heteroatoms. The van der Waals surface area contributed by atoms with E-state index in [-0.39, 0.29) is 31.4 Å². The molecule has 0 amide bonds. The quantitative estimate of drug-likeness (QED) is 0.410. The van der Waals surface area contributed by atoms with Crippen LogP contribution in [0.4, 0.5) is 0 Å². The number of carbonyl (C=O) groups is 2. The first kappa shape index (κ1) is 20.2. The van der Waals surface area contributed by atoms with Gasteiger partial charge in [-0.05, 0) is 18.9 Å². The van der Waals surface area contributed by atoms with Crippen LogP contribution in [-0.2, 0) is 25.7 Å². The first-order valence-electron chi connectivity index (χ1n) is 8.98. The summed E-state index contributed by atoms with van der Waals surface area (Å²) in [6.07, 6.45) is 7.08. The molecule has 0 fully saturated rings. The molecule has 0 aliphatic heterocycles. The highest BCUT2D eigenvalue weighted by atomic mass is 16.5. The molecule has 0 aliphatic rings. The molecule has 0 N–H and O–H groups in total. The van der Waals surface area contributed by atoms with Gasteiger partial charge in [0.05, 0.1) is 19.4 Å². The maximum absolute atomic E-state index is 11.6. The number of unbranched alkanes of at least 4 members (excludes halogenated alkanes) is 5. The van der Waals surface area contributed by atoms with Gasteiger partial charge >= 0.3 is 11.9 Å². The summed E-state index contributed by atoms with van der Waals surface area (Å²) in [5.41, 5.74) is 2.11. The van der Waals surface area contributed by atoms with Gasteiger partial charge in [0.1, 0.15) is 6.61 Å². The van der Waals surface area contributed by atoms with E-state index in [1.54, 1.807) is 0 Å². The Morgan fingerprint density at radius 2 is 1.42 bits per heavy atom. The normalized spacial score (nSPS) is 10.4. The summed E-state index contributed by atoms with van der Waals surface area (Å²) in [5, 5.41) is 0. The Morgan fingerprint density at radius 1 is 0.833 bits per heavy atom. The lowest BCUT2D eigenvalue weighted by molar-refractivity contribution is -0.151. The average molecular weight is 334 g/mol. The van der Waals surface area contributed by atoms with Crippen molar-refractivity contribution >= 4 is 11.9 Å². The Hall–Kier alpha value is -1.84. The van der Waals surface area contributed by atoms with Crippen molar-refractivity contribution in [2.75, 3.05) is 6.61 Å². The molecule has 0 heterocycles. The van der Waals surface area contributed by atoms with E-state index < -0.39 is 0 Å². The lowest BCUT2D eigenvalue weighted by Crippen LogP contribution is -2.11. The number of ether oxygens (including phenoxy) is 2. The second kappa shape index (κ2) is 12.6. The first-order valence-corrected chi connectivity index (χ1v) is 8.98. The molecular formula is C20H30O4. The second-order valence-corrected chi connectivity index (χ2v) is 6.13. The minimum absolute atomic E-state index is 0.0706. The van der Waals surface area contributed by atoms with Gasteiger partial charge in [0, 0.05) is 0 Å². The highest BCUT2D eigenvalue weighted by Gasteiger charge is 2.09. The highest BCUT2D eigenvalue weighted by Crippen LogP contribution is 2.07. The van der Waals surface area contributed by atoms with Crippen molar-refractivity contribution in [1.82, 2.24) is 0 Å². The summed E-state index contributed by atoms with van der Waals surface area (Å²) in [6, 6.07) is 7.81. The van der Waals surface area contributed by atoms with E-state index >= 15 is 0 Å². The van der Waals surface area contributed by atoms with Crippen molar-refractivity contribution in [2.45, 2.75) is 71.8 Å². The summed E-state index contributed by atoms with van der Waals surface area (Å²) < 4.78 is 10.3. The highest BCUT2D eigenvalue weighted by molar-refractivity contribution is 5.77. The Bertz CT molecular complexity index is 479. The maximum Gasteiger partial charge on any atom is 0.306 e. The van der Waals surface area contributed by atoms with Crippen LogP contribution in [0.1, 0.15) is 69.4 Å². The number of hydrogen-bond donors (Lipinski definition) is 0. The van der Waals surface area contributed by atoms with E-state index in [2.05, 4.69) is 6.92 Å². The van der Waals surface area contributed by atoms with Gasteiger partial charge in [-0.25, -0.2) is 0 Å². The topological polar surface area (TPSA) is 52.6 Å². The van der Waals surface area contributed by atoms with E-state index in [9.17, 15) is 9.59 Å². The first-order chi connectivity index (χ1) is 11.6. The van der Waals surface area contributed by atoms with Crippen LogP contribution in [0.25, 0.3) is 0 Å². The van der Waals surface area contributed by atoms with Gasteiger partial charge in [-0.3, -0.25) is 9.59 Å². The minimum Gasteiger partial charge on any atom is -0.466 e. The molecule has 0 radical (unpaired) electrons. The molecule has 0 aromatic heterocycles. The van der Waals surface area contributed by atoms with Crippen molar-refractivity contribution in [3.05, 3.63) is 35.4 Å². The van der Waals surface area contributed by atoms with Crippen molar-refractivity contribution < 1.29 is 19.1 Å². The third-order valence-corrected chi connectivity index (χ3v) is 3.81. The molecule has 0 bridgehead atoms. The summed E-state index contributed by atoms with van der Waals surface area (Å²) in [7, 11) is 0. The molecule has 0 spiro atoms. The molecule has 0 atom stereocenters. The van der Waals surface area contributed by atoms with Crippen molar-refractivity contribution in [1.29, 1.82) is 0 Å². The fraction of sp³-hybridized carbons (Fsp3) is 0.600. The van der Waals surface area contributed by atoms with Crippen LogP contribution < -0.4 is 0 Å². The zero-order valence-electron chi connectivity index (χ0n) is 15.0. The van der Waals surface area contributed by atoms with Gasteiger partial charge in [0.15, 0.2) is 0 Å². The van der Waals surface area contributed by atoms with E-state index in [1.165, 1.54) is 25.7 Å². The zero-order chi connectivity index (χ0) is 17.6. The van der Waals surface area contributed by atoms with Gasteiger partial charge in [0.25, 0.3) is 0 Å². The van der Waals surface area contributed by atoms with E-state index in [0.717, 1.165) is 24.0 Å². The maximum atomic E-state index is 11.6. The molecule has 24 heavy (non-hydrogen) atoms. The lowest BCUT2D eigenvalue weighted by Gasteiger charge is -2.06. The molecular weight excluding hydrogens is 304 g/mol. The summed E-state index contributed by atoms with van der Waals surface area (Å²) >= 11 is 0. The fourth-order valence-electron chi connectivity index (χ4n) is 2.26. The molecule has 134 valence electrons. The molecule has 4 nitrogen and oxygen atoms in total. The summed E-state index contributed by atoms with van der Waals surface area (Å²) in [5.74, 6) is -0.692. The smallest absolute Gasteiger partial charge is 0.306 e. The Labute approximate surface area is 145 Å². The fourth-order valence-corrected chi connectivity index (χ4v) is 2.26. The van der Waals surface area contributed by atoms with Crippen molar-refractivity contribution in [2.24, 2.45) is 0 Å². The van der Waals surface area contributed by atoms with Crippen LogP contribution in [-0.4, -0.2) is 18.5 Å². The zero-order valence-corrected chi connectivity index (χ0v) is 15.0. The van der Waals surface area contributed by atoms with Gasteiger partial charge in [-0.15, -0.1) is 0 Å². The van der Waals surface area contributed by atoms with E-state index in [4.69, 9.17) is 9.47 Å². The molecule has 1 aromatic rings. The summed E-state index contributed by atoms with van der Waals surface area (Å²) in [4.78, 5) is 23.2. The minimum atomic E-state index is -0.368. The molecule has 0 saturated carbocycles. The van der Waals surface area contributed by atoms with Gasteiger partial charge in [-0.1, -0.05) is 68.9 Å². The van der Waals surface area contributed by atoms with Gasteiger partial charge in [0.2, 0.25) is 0 Å². The number of carbonyl (C=O) groups excluding carboxylic acids is 2. The number of esters is 2. The standard InChI is InChI=1S/C20H30O4/c1-3-4-5-6-7-8-15-23-19(21)13-14-20(22)24-16-18-11-9-17(2)10-12-18/h9-12H,3-8,13-16H2,1-2H3. The number of aryl methyl sites for hydroxylation is 1. The van der Waals surface area contributed by atoms with Crippen molar-refractivity contribution in [3.63, 3.8) is 0 Å². The Balaban J connectivity index is 2.02. The molecule has 0 unspecified atom stereocenters. The largest absolute Gasteiger partial charge is 0.466 e. The van der Waals surface area contributed by atoms with Crippen LogP contribution in [0.2, 0.25) is 0 Å². The number of rotatable bonds is 12. The Morgan fingerprint density at radius 3 is 2.08 bits per heavy atom. The molecule has 0 aliphatic carbocycles. The second-order valence-electron chi connectivity index (χ2n) is 6.13.